The highest BCUT2D eigenvalue weighted by Crippen LogP contribution is 2.42. The number of hydrogen-bond donors (Lipinski definition) is 1. The molecule has 130 valence electrons. The van der Waals surface area contributed by atoms with Crippen molar-refractivity contribution in [3.05, 3.63) is 30.3 Å². The second kappa shape index (κ2) is 7.24. The Hall–Kier alpha value is -2.04. The lowest BCUT2D eigenvalue weighted by Gasteiger charge is -2.27. The Bertz CT molecular complexity index is 588. The molecule has 4 atom stereocenters. The minimum Gasteiger partial charge on any atom is -0.494 e. The highest BCUT2D eigenvalue weighted by molar-refractivity contribution is 5.86. The van der Waals surface area contributed by atoms with Crippen LogP contribution in [0.4, 0.5) is 0 Å². The number of nitrogens with zero attached hydrogens (tertiary/aromatic N) is 1. The van der Waals surface area contributed by atoms with Crippen LogP contribution >= 0.6 is 0 Å². The summed E-state index contributed by atoms with van der Waals surface area (Å²) in [5.41, 5.74) is 0. The number of likely N-dealkylation sites (tertiary alicyclic amines) is 1. The summed E-state index contributed by atoms with van der Waals surface area (Å²) in [6.07, 6.45) is 3.65. The lowest BCUT2D eigenvalue weighted by molar-refractivity contribution is -0.151. The van der Waals surface area contributed by atoms with E-state index in [9.17, 15) is 14.7 Å². The van der Waals surface area contributed by atoms with Crippen molar-refractivity contribution in [1.29, 1.82) is 0 Å². The maximum atomic E-state index is 12.7. The summed E-state index contributed by atoms with van der Waals surface area (Å²) in [6.45, 7) is 2.92. The van der Waals surface area contributed by atoms with E-state index in [1.54, 1.807) is 4.90 Å². The number of fused-ring (bicyclic) bond motifs is 1. The number of ether oxygens (including phenoxy) is 1. The van der Waals surface area contributed by atoms with Crippen LogP contribution in [-0.4, -0.2) is 41.1 Å². The summed E-state index contributed by atoms with van der Waals surface area (Å²) in [4.78, 5) is 26.0. The van der Waals surface area contributed by atoms with E-state index in [-0.39, 0.29) is 17.7 Å². The summed E-state index contributed by atoms with van der Waals surface area (Å²) in [5, 5.41) is 9.57. The molecular weight excluding hydrogens is 306 g/mol. The van der Waals surface area contributed by atoms with Gasteiger partial charge in [-0.05, 0) is 43.2 Å². The molecule has 1 heterocycles. The van der Waals surface area contributed by atoms with Gasteiger partial charge in [0.05, 0.1) is 6.61 Å². The van der Waals surface area contributed by atoms with Crippen molar-refractivity contribution in [2.24, 2.45) is 17.8 Å². The van der Waals surface area contributed by atoms with Crippen molar-refractivity contribution in [2.45, 2.75) is 38.6 Å². The zero-order chi connectivity index (χ0) is 17.1. The van der Waals surface area contributed by atoms with Gasteiger partial charge in [0.25, 0.3) is 0 Å². The number of carboxylic acid groups (broad SMARTS) is 1. The predicted octanol–water partition coefficient (Wildman–Crippen LogP) is 2.80. The average Bonchev–Trinajstić information content (AvgIpc) is 3.15. The Kier molecular flexibility index (Phi) is 5.07. The van der Waals surface area contributed by atoms with E-state index in [0.717, 1.165) is 25.0 Å². The van der Waals surface area contributed by atoms with E-state index in [1.807, 2.05) is 37.3 Å². The Labute approximate surface area is 142 Å². The van der Waals surface area contributed by atoms with Gasteiger partial charge >= 0.3 is 5.97 Å². The van der Waals surface area contributed by atoms with Crippen molar-refractivity contribution in [2.75, 3.05) is 13.2 Å². The molecule has 1 saturated heterocycles. The zero-order valence-corrected chi connectivity index (χ0v) is 14.1. The van der Waals surface area contributed by atoms with Gasteiger partial charge in [0.2, 0.25) is 5.91 Å². The fraction of sp³-hybridized carbons (Fsp3) is 0.579. The van der Waals surface area contributed by atoms with Crippen LogP contribution in [0, 0.1) is 17.8 Å². The lowest BCUT2D eigenvalue weighted by Crippen LogP contribution is -2.45. The van der Waals surface area contributed by atoms with Gasteiger partial charge in [-0.1, -0.05) is 31.5 Å². The van der Waals surface area contributed by atoms with Crippen molar-refractivity contribution < 1.29 is 19.4 Å². The topological polar surface area (TPSA) is 66.8 Å². The van der Waals surface area contributed by atoms with E-state index in [0.29, 0.717) is 25.5 Å². The fourth-order valence-corrected chi connectivity index (χ4v) is 4.13. The second-order valence-corrected chi connectivity index (χ2v) is 6.98. The quantitative estimate of drug-likeness (QED) is 0.870. The molecule has 2 fully saturated rings. The molecule has 4 unspecified atom stereocenters. The van der Waals surface area contributed by atoms with Gasteiger partial charge in [0, 0.05) is 12.5 Å². The van der Waals surface area contributed by atoms with E-state index >= 15 is 0 Å². The minimum atomic E-state index is -0.856. The number of para-hydroxylation sites is 1. The smallest absolute Gasteiger partial charge is 0.326 e. The van der Waals surface area contributed by atoms with Crippen LogP contribution in [0.3, 0.4) is 0 Å². The predicted molar refractivity (Wildman–Crippen MR) is 89.7 cm³/mol. The first-order valence-corrected chi connectivity index (χ1v) is 8.79. The molecule has 0 spiro atoms. The molecule has 1 aliphatic heterocycles. The van der Waals surface area contributed by atoms with Crippen molar-refractivity contribution in [3.63, 3.8) is 0 Å². The number of hydrogen-bond acceptors (Lipinski definition) is 3. The minimum absolute atomic E-state index is 0.0477. The van der Waals surface area contributed by atoms with Gasteiger partial charge in [-0.25, -0.2) is 4.79 Å². The van der Waals surface area contributed by atoms with Crippen molar-refractivity contribution in [1.82, 2.24) is 4.90 Å². The molecular formula is C19H25NO4. The number of benzene rings is 1. The zero-order valence-electron chi connectivity index (χ0n) is 14.1. The molecule has 5 heteroatoms. The molecule has 3 rings (SSSR count). The molecule has 1 saturated carbocycles. The number of rotatable bonds is 6. The molecule has 5 nitrogen and oxygen atoms in total. The molecule has 1 aromatic carbocycles. The van der Waals surface area contributed by atoms with Crippen molar-refractivity contribution in [3.8, 4) is 5.75 Å². The maximum Gasteiger partial charge on any atom is 0.326 e. The molecule has 1 amide bonds. The Morgan fingerprint density at radius 3 is 2.75 bits per heavy atom. The molecule has 2 aliphatic rings. The fourth-order valence-electron chi connectivity index (χ4n) is 4.13. The second-order valence-electron chi connectivity index (χ2n) is 6.98. The van der Waals surface area contributed by atoms with Crippen LogP contribution < -0.4 is 4.74 Å². The summed E-state index contributed by atoms with van der Waals surface area (Å²) in [7, 11) is 0. The monoisotopic (exact) mass is 331 g/mol. The van der Waals surface area contributed by atoms with Gasteiger partial charge in [0.15, 0.2) is 0 Å². The van der Waals surface area contributed by atoms with Crippen LogP contribution in [0.1, 0.15) is 32.6 Å². The molecule has 0 aromatic heterocycles. The highest BCUT2D eigenvalue weighted by Gasteiger charge is 2.49. The maximum absolute atomic E-state index is 12.7. The van der Waals surface area contributed by atoms with Crippen LogP contribution in [0.2, 0.25) is 0 Å². The summed E-state index contributed by atoms with van der Waals surface area (Å²) < 4.78 is 5.65. The van der Waals surface area contributed by atoms with Gasteiger partial charge in [0.1, 0.15) is 11.8 Å². The first kappa shape index (κ1) is 16.8. The number of aliphatic carboxylic acids is 1. The molecule has 1 aliphatic carbocycles. The van der Waals surface area contributed by atoms with E-state index in [2.05, 4.69) is 0 Å². The van der Waals surface area contributed by atoms with E-state index < -0.39 is 12.0 Å². The Morgan fingerprint density at radius 2 is 2.04 bits per heavy atom. The number of carbonyl (C=O) groups is 2. The van der Waals surface area contributed by atoms with Crippen LogP contribution in [0.25, 0.3) is 0 Å². The molecule has 1 N–H and O–H groups in total. The highest BCUT2D eigenvalue weighted by atomic mass is 16.5. The first-order valence-electron chi connectivity index (χ1n) is 8.79. The average molecular weight is 331 g/mol. The van der Waals surface area contributed by atoms with Crippen LogP contribution in [-0.2, 0) is 9.59 Å². The van der Waals surface area contributed by atoms with Crippen LogP contribution in [0.15, 0.2) is 30.3 Å². The molecule has 0 radical (unpaired) electrons. The summed E-state index contributed by atoms with van der Waals surface area (Å²) in [6, 6.07) is 8.87. The van der Waals surface area contributed by atoms with Crippen molar-refractivity contribution >= 4 is 11.9 Å². The summed E-state index contributed by atoms with van der Waals surface area (Å²) in [5.74, 6) is 0.159. The number of carboxylic acids is 1. The lowest BCUT2D eigenvalue weighted by atomic mass is 9.94. The van der Waals surface area contributed by atoms with Gasteiger partial charge in [-0.15, -0.1) is 0 Å². The summed E-state index contributed by atoms with van der Waals surface area (Å²) >= 11 is 0. The SMILES string of the molecule is CC(CCOc1ccccc1)C(=O)N1CC2CCCC2C1C(=O)O. The largest absolute Gasteiger partial charge is 0.494 e. The third-order valence-corrected chi connectivity index (χ3v) is 5.41. The van der Waals surface area contributed by atoms with Gasteiger partial charge in [-0.3, -0.25) is 4.79 Å². The first-order chi connectivity index (χ1) is 11.6. The third-order valence-electron chi connectivity index (χ3n) is 5.41. The number of amides is 1. The molecule has 1 aromatic rings. The van der Waals surface area contributed by atoms with Gasteiger partial charge < -0.3 is 14.7 Å². The van der Waals surface area contributed by atoms with E-state index in [1.165, 1.54) is 0 Å². The van der Waals surface area contributed by atoms with Crippen LogP contribution in [0.5, 0.6) is 5.75 Å². The Morgan fingerprint density at radius 1 is 1.29 bits per heavy atom. The normalized spacial score (nSPS) is 26.9. The standard InChI is InChI=1S/C19H25NO4/c1-13(10-11-24-15-7-3-2-4-8-15)18(21)20-12-14-6-5-9-16(14)17(20)19(22)23/h2-4,7-8,13-14,16-17H,5-6,9-12H2,1H3,(H,22,23). The molecule has 24 heavy (non-hydrogen) atoms. The third kappa shape index (κ3) is 3.40. The van der Waals surface area contributed by atoms with E-state index in [4.69, 9.17) is 4.74 Å². The number of carbonyl (C=O) groups excluding carboxylic acids is 1. The van der Waals surface area contributed by atoms with Gasteiger partial charge in [-0.2, -0.15) is 0 Å². The Balaban J connectivity index is 1.55. The molecule has 0 bridgehead atoms.